The van der Waals surface area contributed by atoms with Gasteiger partial charge in [0, 0.05) is 13.0 Å². The summed E-state index contributed by atoms with van der Waals surface area (Å²) in [6, 6.07) is 9.44. The highest BCUT2D eigenvalue weighted by atomic mass is 16.3. The minimum Gasteiger partial charge on any atom is -0.386 e. The third kappa shape index (κ3) is 3.87. The van der Waals surface area contributed by atoms with Gasteiger partial charge in [0.25, 0.3) is 0 Å². The fraction of sp³-hybridized carbons (Fsp3) is 0.720. The Hall–Kier alpha value is -1.35. The molecule has 4 aliphatic rings. The Morgan fingerprint density at radius 2 is 1.61 bits per heavy atom. The van der Waals surface area contributed by atoms with Gasteiger partial charge >= 0.3 is 0 Å². The van der Waals surface area contributed by atoms with E-state index in [0.29, 0.717) is 5.41 Å². The van der Waals surface area contributed by atoms with Crippen LogP contribution in [0.25, 0.3) is 0 Å². The average molecular weight is 384 g/mol. The van der Waals surface area contributed by atoms with Crippen LogP contribution in [0.15, 0.2) is 30.3 Å². The summed E-state index contributed by atoms with van der Waals surface area (Å²) in [6.07, 6.45) is 10.2. The molecular weight excluding hydrogens is 346 g/mol. The first-order valence-electron chi connectivity index (χ1n) is 11.4. The minimum absolute atomic E-state index is 0.0310. The summed E-state index contributed by atoms with van der Waals surface area (Å²) < 4.78 is 0. The predicted molar refractivity (Wildman–Crippen MR) is 113 cm³/mol. The summed E-state index contributed by atoms with van der Waals surface area (Å²) in [5.74, 6) is 3.12. The van der Waals surface area contributed by atoms with E-state index < -0.39 is 6.10 Å². The van der Waals surface area contributed by atoms with Gasteiger partial charge in [0.05, 0.1) is 12.1 Å². The van der Waals surface area contributed by atoms with Gasteiger partial charge in [0.15, 0.2) is 0 Å². The number of aliphatic hydroxyl groups is 1. The number of carbonyl (C=O) groups excluding carboxylic acids is 1. The zero-order valence-corrected chi connectivity index (χ0v) is 17.8. The number of hydrogen-bond donors (Lipinski definition) is 1. The Labute approximate surface area is 170 Å². The van der Waals surface area contributed by atoms with E-state index in [9.17, 15) is 9.90 Å². The maximum absolute atomic E-state index is 13.1. The SMILES string of the molecule is C[C@H](CCC12CC3CC(CC(C3)C1)C2)C(=O)N(C)[C@@H](C)[C@@H](O)c1ccccc1. The molecule has 1 N–H and O–H groups in total. The topological polar surface area (TPSA) is 40.5 Å². The quantitative estimate of drug-likeness (QED) is 0.703. The monoisotopic (exact) mass is 383 g/mol. The van der Waals surface area contributed by atoms with E-state index in [1.807, 2.05) is 44.3 Å². The number of benzene rings is 1. The van der Waals surface area contributed by atoms with E-state index >= 15 is 0 Å². The van der Waals surface area contributed by atoms with Crippen molar-refractivity contribution in [2.75, 3.05) is 7.05 Å². The molecule has 4 saturated carbocycles. The van der Waals surface area contributed by atoms with Crippen LogP contribution in [0.3, 0.4) is 0 Å². The van der Waals surface area contributed by atoms with E-state index in [0.717, 1.165) is 29.7 Å². The van der Waals surface area contributed by atoms with Crippen molar-refractivity contribution in [1.29, 1.82) is 0 Å². The first-order chi connectivity index (χ1) is 13.4. The molecule has 4 aliphatic carbocycles. The average Bonchev–Trinajstić information content (AvgIpc) is 2.69. The zero-order valence-electron chi connectivity index (χ0n) is 17.8. The Bertz CT molecular complexity index is 650. The van der Waals surface area contributed by atoms with Crippen LogP contribution in [-0.4, -0.2) is 29.0 Å². The number of carbonyl (C=O) groups is 1. The minimum atomic E-state index is -0.648. The second kappa shape index (κ2) is 7.82. The molecule has 4 fully saturated rings. The highest BCUT2D eigenvalue weighted by molar-refractivity contribution is 5.78. The molecule has 28 heavy (non-hydrogen) atoms. The van der Waals surface area contributed by atoms with E-state index in [1.165, 1.54) is 44.9 Å². The lowest BCUT2D eigenvalue weighted by Gasteiger charge is -2.57. The van der Waals surface area contributed by atoms with Crippen LogP contribution in [-0.2, 0) is 4.79 Å². The van der Waals surface area contributed by atoms with E-state index in [2.05, 4.69) is 6.92 Å². The van der Waals surface area contributed by atoms with Crippen LogP contribution in [0.5, 0.6) is 0 Å². The first kappa shape index (κ1) is 19.9. The van der Waals surface area contributed by atoms with Crippen molar-refractivity contribution in [1.82, 2.24) is 4.90 Å². The van der Waals surface area contributed by atoms with Crippen molar-refractivity contribution in [3.8, 4) is 0 Å². The second-order valence-corrected chi connectivity index (χ2v) is 10.4. The first-order valence-corrected chi connectivity index (χ1v) is 11.4. The van der Waals surface area contributed by atoms with Gasteiger partial charge in [-0.05, 0) is 87.0 Å². The molecule has 0 unspecified atom stereocenters. The van der Waals surface area contributed by atoms with Crippen LogP contribution >= 0.6 is 0 Å². The van der Waals surface area contributed by atoms with Crippen LogP contribution < -0.4 is 0 Å². The number of aliphatic hydroxyl groups excluding tert-OH is 1. The standard InChI is InChI=1S/C25H37NO2/c1-17(9-10-25-14-19-11-20(15-25)13-21(12-19)16-25)24(28)26(3)18(2)23(27)22-7-5-4-6-8-22/h4-8,17-21,23,27H,9-16H2,1-3H3/t17-,18+,19?,20?,21?,23-,25?/m1/s1. The summed E-state index contributed by atoms with van der Waals surface area (Å²) in [4.78, 5) is 14.8. The number of rotatable bonds is 7. The van der Waals surface area contributed by atoms with Gasteiger partial charge in [-0.25, -0.2) is 0 Å². The van der Waals surface area contributed by atoms with E-state index in [1.54, 1.807) is 4.90 Å². The lowest BCUT2D eigenvalue weighted by Crippen LogP contribution is -2.46. The normalized spacial score (nSPS) is 34.1. The van der Waals surface area contributed by atoms with Gasteiger partial charge < -0.3 is 10.0 Å². The summed E-state index contributed by atoms with van der Waals surface area (Å²) in [5, 5.41) is 10.7. The maximum Gasteiger partial charge on any atom is 0.225 e. The zero-order chi connectivity index (χ0) is 19.9. The molecule has 1 aromatic carbocycles. The van der Waals surface area contributed by atoms with E-state index in [-0.39, 0.29) is 17.9 Å². The maximum atomic E-state index is 13.1. The fourth-order valence-electron chi connectivity index (χ4n) is 6.93. The van der Waals surface area contributed by atoms with Crippen molar-refractivity contribution < 1.29 is 9.90 Å². The molecule has 3 heteroatoms. The van der Waals surface area contributed by atoms with Gasteiger partial charge in [-0.1, -0.05) is 37.3 Å². The van der Waals surface area contributed by atoms with Crippen molar-refractivity contribution in [2.24, 2.45) is 29.1 Å². The van der Waals surface area contributed by atoms with Crippen molar-refractivity contribution in [3.05, 3.63) is 35.9 Å². The van der Waals surface area contributed by atoms with Crippen molar-refractivity contribution >= 4 is 5.91 Å². The molecule has 0 spiro atoms. The van der Waals surface area contributed by atoms with Gasteiger partial charge in [0.2, 0.25) is 5.91 Å². The Morgan fingerprint density at radius 3 is 2.14 bits per heavy atom. The number of amides is 1. The highest BCUT2D eigenvalue weighted by Gasteiger charge is 2.50. The van der Waals surface area contributed by atoms with Crippen molar-refractivity contribution in [2.45, 2.75) is 77.4 Å². The molecule has 154 valence electrons. The van der Waals surface area contributed by atoms with Crippen LogP contribution in [0.2, 0.25) is 0 Å². The number of nitrogens with zero attached hydrogens (tertiary/aromatic N) is 1. The summed E-state index contributed by atoms with van der Waals surface area (Å²) in [6.45, 7) is 4.03. The molecule has 4 bridgehead atoms. The molecule has 0 aliphatic heterocycles. The molecule has 3 nitrogen and oxygen atoms in total. The van der Waals surface area contributed by atoms with Gasteiger partial charge in [-0.2, -0.15) is 0 Å². The molecule has 1 amide bonds. The molecule has 3 atom stereocenters. The van der Waals surface area contributed by atoms with Crippen LogP contribution in [0.4, 0.5) is 0 Å². The lowest BCUT2D eigenvalue weighted by molar-refractivity contribution is -0.138. The molecular formula is C25H37NO2. The molecule has 5 rings (SSSR count). The largest absolute Gasteiger partial charge is 0.386 e. The van der Waals surface area contributed by atoms with E-state index in [4.69, 9.17) is 0 Å². The summed E-state index contributed by atoms with van der Waals surface area (Å²) in [5.41, 5.74) is 1.41. The van der Waals surface area contributed by atoms with Crippen LogP contribution in [0, 0.1) is 29.1 Å². The lowest BCUT2D eigenvalue weighted by atomic mass is 9.48. The van der Waals surface area contributed by atoms with Gasteiger partial charge in [-0.3, -0.25) is 4.79 Å². The smallest absolute Gasteiger partial charge is 0.225 e. The highest BCUT2D eigenvalue weighted by Crippen LogP contribution is 2.61. The molecule has 1 aromatic rings. The fourth-order valence-corrected chi connectivity index (χ4v) is 6.93. The Balaban J connectivity index is 1.33. The second-order valence-electron chi connectivity index (χ2n) is 10.4. The Kier molecular flexibility index (Phi) is 5.57. The van der Waals surface area contributed by atoms with Crippen LogP contribution in [0.1, 0.15) is 76.9 Å². The summed E-state index contributed by atoms with van der Waals surface area (Å²) >= 11 is 0. The van der Waals surface area contributed by atoms with Gasteiger partial charge in [-0.15, -0.1) is 0 Å². The van der Waals surface area contributed by atoms with Crippen molar-refractivity contribution in [3.63, 3.8) is 0 Å². The summed E-state index contributed by atoms with van der Waals surface area (Å²) in [7, 11) is 1.85. The third-order valence-electron chi connectivity index (χ3n) is 8.25. The van der Waals surface area contributed by atoms with Gasteiger partial charge in [0.1, 0.15) is 0 Å². The molecule has 0 heterocycles. The molecule has 0 radical (unpaired) electrons. The molecule has 0 aromatic heterocycles. The number of hydrogen-bond acceptors (Lipinski definition) is 2. The third-order valence-corrected chi connectivity index (χ3v) is 8.25. The molecule has 0 saturated heterocycles. The Morgan fingerprint density at radius 1 is 1.07 bits per heavy atom. The number of likely N-dealkylation sites (N-methyl/N-ethyl adjacent to an activating group) is 1. The predicted octanol–water partition coefficient (Wildman–Crippen LogP) is 5.20.